The first-order valence-electron chi connectivity index (χ1n) is 10.8. The summed E-state index contributed by atoms with van der Waals surface area (Å²) < 4.78 is 25.9. The smallest absolute Gasteiger partial charge is 0.254 e. The number of hydrogen-bond donors (Lipinski definition) is 0. The Labute approximate surface area is 186 Å². The molecule has 1 amide bonds. The van der Waals surface area contributed by atoms with Gasteiger partial charge in [-0.05, 0) is 49.6 Å². The summed E-state index contributed by atoms with van der Waals surface area (Å²) in [5, 5.41) is 7.41. The molecule has 3 aromatic heterocycles. The van der Waals surface area contributed by atoms with Gasteiger partial charge in [-0.2, -0.15) is 5.10 Å². The molecule has 5 heterocycles. The highest BCUT2D eigenvalue weighted by Crippen LogP contribution is 2.34. The fourth-order valence-electron chi connectivity index (χ4n) is 4.64. The summed E-state index contributed by atoms with van der Waals surface area (Å²) in [5.41, 5.74) is 2.68. The van der Waals surface area contributed by atoms with Gasteiger partial charge in [-0.25, -0.2) is 18.1 Å². The highest BCUT2D eigenvalue weighted by atomic mass is 32.2. The number of carbonyl (C=O) groups is 1. The van der Waals surface area contributed by atoms with E-state index in [9.17, 15) is 13.2 Å². The van der Waals surface area contributed by atoms with E-state index in [-0.39, 0.29) is 23.5 Å². The molecule has 0 spiro atoms. The highest BCUT2D eigenvalue weighted by molar-refractivity contribution is 7.91. The predicted molar refractivity (Wildman–Crippen MR) is 122 cm³/mol. The topological polar surface area (TPSA) is 85.2 Å². The van der Waals surface area contributed by atoms with E-state index in [1.165, 1.54) is 0 Å². The van der Waals surface area contributed by atoms with Gasteiger partial charge in [0.2, 0.25) is 0 Å². The lowest BCUT2D eigenvalue weighted by Gasteiger charge is -2.30. The zero-order valence-electron chi connectivity index (χ0n) is 17.7. The van der Waals surface area contributed by atoms with E-state index in [4.69, 9.17) is 4.98 Å². The van der Waals surface area contributed by atoms with Crippen molar-refractivity contribution < 1.29 is 13.2 Å². The number of carbonyl (C=O) groups excluding carboxylic acids is 1. The summed E-state index contributed by atoms with van der Waals surface area (Å²) in [6.07, 6.45) is 2.54. The van der Waals surface area contributed by atoms with Crippen molar-refractivity contribution in [2.45, 2.75) is 39.2 Å². The number of thiophene rings is 1. The maximum Gasteiger partial charge on any atom is 0.254 e. The molecule has 2 fully saturated rings. The number of likely N-dealkylation sites (tertiary alicyclic amines) is 1. The first kappa shape index (κ1) is 20.6. The highest BCUT2D eigenvalue weighted by Gasteiger charge is 2.33. The number of nitrogens with zero attached hydrogens (tertiary/aromatic N) is 4. The molecule has 0 aliphatic carbocycles. The summed E-state index contributed by atoms with van der Waals surface area (Å²) in [4.78, 5) is 21.4. The van der Waals surface area contributed by atoms with Gasteiger partial charge >= 0.3 is 0 Å². The van der Waals surface area contributed by atoms with Crippen LogP contribution in [0.4, 0.5) is 0 Å². The Balaban J connectivity index is 1.66. The largest absolute Gasteiger partial charge is 0.339 e. The molecule has 1 atom stereocenters. The number of piperidine rings is 1. The van der Waals surface area contributed by atoms with Crippen LogP contribution in [-0.4, -0.2) is 58.6 Å². The molecule has 9 heteroatoms. The molecule has 0 aromatic carbocycles. The van der Waals surface area contributed by atoms with Crippen molar-refractivity contribution in [3.05, 3.63) is 34.8 Å². The van der Waals surface area contributed by atoms with Crippen molar-refractivity contribution in [3.8, 4) is 10.6 Å². The Kier molecular flexibility index (Phi) is 5.13. The third kappa shape index (κ3) is 3.78. The zero-order valence-corrected chi connectivity index (χ0v) is 19.4. The maximum absolute atomic E-state index is 13.6. The molecule has 2 aliphatic heterocycles. The zero-order chi connectivity index (χ0) is 21.8. The van der Waals surface area contributed by atoms with Crippen molar-refractivity contribution in [1.29, 1.82) is 0 Å². The van der Waals surface area contributed by atoms with Crippen molar-refractivity contribution in [2.75, 3.05) is 24.6 Å². The minimum absolute atomic E-state index is 0.0128. The van der Waals surface area contributed by atoms with Crippen LogP contribution in [0.2, 0.25) is 0 Å². The number of hydrogen-bond acceptors (Lipinski definition) is 6. The van der Waals surface area contributed by atoms with Crippen LogP contribution >= 0.6 is 11.3 Å². The first-order chi connectivity index (χ1) is 14.8. The van der Waals surface area contributed by atoms with Crippen LogP contribution in [0.3, 0.4) is 0 Å². The second kappa shape index (κ2) is 7.70. The third-order valence-corrected chi connectivity index (χ3v) is 9.11. The molecule has 2 saturated heterocycles. The quantitative estimate of drug-likeness (QED) is 0.597. The minimum Gasteiger partial charge on any atom is -0.339 e. The second-order valence-corrected chi connectivity index (χ2v) is 12.0. The van der Waals surface area contributed by atoms with Crippen molar-refractivity contribution in [1.82, 2.24) is 19.7 Å². The van der Waals surface area contributed by atoms with Gasteiger partial charge in [0.25, 0.3) is 5.91 Å². The summed E-state index contributed by atoms with van der Waals surface area (Å²) in [6.45, 7) is 5.62. The molecule has 0 bridgehead atoms. The van der Waals surface area contributed by atoms with Gasteiger partial charge in [0.1, 0.15) is 0 Å². The maximum atomic E-state index is 13.6. The fourth-order valence-corrected chi connectivity index (χ4v) is 7.02. The van der Waals surface area contributed by atoms with Gasteiger partial charge in [0.15, 0.2) is 15.5 Å². The molecule has 31 heavy (non-hydrogen) atoms. The normalized spacial score (nSPS) is 21.7. The molecule has 1 unspecified atom stereocenters. The molecular weight excluding hydrogens is 432 g/mol. The Morgan fingerprint density at radius 3 is 2.65 bits per heavy atom. The molecule has 7 nitrogen and oxygen atoms in total. The van der Waals surface area contributed by atoms with E-state index in [0.29, 0.717) is 23.5 Å². The van der Waals surface area contributed by atoms with Crippen LogP contribution in [0.25, 0.3) is 21.6 Å². The Morgan fingerprint density at radius 1 is 1.23 bits per heavy atom. The number of rotatable bonds is 3. The van der Waals surface area contributed by atoms with E-state index in [1.54, 1.807) is 16.0 Å². The fraction of sp³-hybridized carbons (Fsp3) is 0.500. The predicted octanol–water partition coefficient (Wildman–Crippen LogP) is 3.70. The van der Waals surface area contributed by atoms with Crippen LogP contribution in [0.5, 0.6) is 0 Å². The molecule has 0 radical (unpaired) electrons. The minimum atomic E-state index is -3.07. The van der Waals surface area contributed by atoms with Crippen molar-refractivity contribution in [2.24, 2.45) is 5.92 Å². The molecule has 0 N–H and O–H groups in total. The van der Waals surface area contributed by atoms with Gasteiger partial charge in [0.05, 0.1) is 44.8 Å². The number of sulfone groups is 1. The molecule has 2 aliphatic rings. The van der Waals surface area contributed by atoms with Crippen LogP contribution < -0.4 is 0 Å². The molecule has 0 saturated carbocycles. The molecule has 5 rings (SSSR count). The van der Waals surface area contributed by atoms with Crippen LogP contribution in [0.1, 0.15) is 48.3 Å². The molecule has 3 aromatic rings. The number of pyridine rings is 1. The Bertz CT molecular complexity index is 1240. The average Bonchev–Trinajstić information content (AvgIpc) is 3.47. The lowest BCUT2D eigenvalue weighted by molar-refractivity contribution is 0.0699. The summed E-state index contributed by atoms with van der Waals surface area (Å²) in [7, 11) is -3.07. The van der Waals surface area contributed by atoms with E-state index in [2.05, 4.69) is 12.0 Å². The molecule has 164 valence electrons. The lowest BCUT2D eigenvalue weighted by Crippen LogP contribution is -2.38. The van der Waals surface area contributed by atoms with E-state index in [1.807, 2.05) is 35.4 Å². The lowest BCUT2D eigenvalue weighted by atomic mass is 9.98. The van der Waals surface area contributed by atoms with Gasteiger partial charge < -0.3 is 4.90 Å². The van der Waals surface area contributed by atoms with Crippen molar-refractivity contribution in [3.63, 3.8) is 0 Å². The first-order valence-corrected chi connectivity index (χ1v) is 13.5. The monoisotopic (exact) mass is 458 g/mol. The van der Waals surface area contributed by atoms with Crippen molar-refractivity contribution >= 4 is 38.1 Å². The number of aryl methyl sites for hydroxylation is 1. The van der Waals surface area contributed by atoms with Gasteiger partial charge in [-0.15, -0.1) is 11.3 Å². The third-order valence-electron chi connectivity index (χ3n) is 6.47. The Hall–Kier alpha value is -2.26. The van der Waals surface area contributed by atoms with Gasteiger partial charge in [0, 0.05) is 13.1 Å². The Morgan fingerprint density at radius 2 is 2.00 bits per heavy atom. The summed E-state index contributed by atoms with van der Waals surface area (Å²) >= 11 is 1.57. The van der Waals surface area contributed by atoms with E-state index < -0.39 is 9.84 Å². The number of aromatic nitrogens is 3. The standard InChI is InChI=1S/C22H26N4O3S2/c1-14-5-8-25(9-6-14)22(27)17-12-18(19-4-3-10-30-19)23-21-20(17)15(2)24-26(21)16-7-11-31(28,29)13-16/h3-4,10,12,14,16H,5-9,11,13H2,1-2H3. The van der Waals surface area contributed by atoms with Crippen LogP contribution in [0.15, 0.2) is 23.6 Å². The SMILES string of the molecule is Cc1nn(C2CCS(=O)(=O)C2)c2nc(-c3cccs3)cc(C(=O)N3CCC(C)CC3)c12. The van der Waals surface area contributed by atoms with Gasteiger partial charge in [-0.1, -0.05) is 13.0 Å². The van der Waals surface area contributed by atoms with Gasteiger partial charge in [-0.3, -0.25) is 4.79 Å². The van der Waals surface area contributed by atoms with Crippen LogP contribution in [-0.2, 0) is 9.84 Å². The van der Waals surface area contributed by atoms with Crippen LogP contribution in [0, 0.1) is 12.8 Å². The summed E-state index contributed by atoms with van der Waals surface area (Å²) in [5.74, 6) is 0.887. The van der Waals surface area contributed by atoms with E-state index in [0.717, 1.165) is 47.6 Å². The molecular formula is C22H26N4O3S2. The average molecular weight is 459 g/mol. The number of fused-ring (bicyclic) bond motifs is 1. The number of amides is 1. The van der Waals surface area contributed by atoms with E-state index >= 15 is 0 Å². The summed E-state index contributed by atoms with van der Waals surface area (Å²) in [6, 6.07) is 5.60. The second-order valence-electron chi connectivity index (χ2n) is 8.79.